The van der Waals surface area contributed by atoms with E-state index >= 15 is 0 Å². The molecule has 6 N–H and O–H groups in total. The number of unbranched alkanes of at least 4 members (excludes halogenated alkanes) is 8. The van der Waals surface area contributed by atoms with Crippen molar-refractivity contribution in [2.24, 2.45) is 0 Å². The topological polar surface area (TPSA) is 164 Å². The monoisotopic (exact) mass is 389 g/mol. The van der Waals surface area contributed by atoms with Crippen LogP contribution < -0.4 is 5.32 Å². The summed E-state index contributed by atoms with van der Waals surface area (Å²) in [5.74, 6) is 0. The van der Waals surface area contributed by atoms with E-state index in [-0.39, 0.29) is 6.42 Å². The summed E-state index contributed by atoms with van der Waals surface area (Å²) in [6.45, 7) is 0.686. The van der Waals surface area contributed by atoms with Crippen molar-refractivity contribution in [1.29, 1.82) is 0 Å². The molecule has 0 aromatic heterocycles. The van der Waals surface area contributed by atoms with Crippen LogP contribution in [0, 0.1) is 0 Å². The number of nitrogens with one attached hydrogen (secondary N) is 1. The van der Waals surface area contributed by atoms with Crippen LogP contribution in [0.15, 0.2) is 0 Å². The lowest BCUT2D eigenvalue weighted by Crippen LogP contribution is -2.28. The summed E-state index contributed by atoms with van der Waals surface area (Å²) in [4.78, 5) is 46.0. The van der Waals surface area contributed by atoms with Crippen molar-refractivity contribution in [1.82, 2.24) is 5.32 Å². The minimum atomic E-state index is -5.33. The fourth-order valence-electron chi connectivity index (χ4n) is 2.35. The van der Waals surface area contributed by atoms with Crippen molar-refractivity contribution in [3.05, 3.63) is 0 Å². The number of carbonyl (C=O) groups is 1. The van der Waals surface area contributed by atoms with Crippen LogP contribution in [0.5, 0.6) is 0 Å². The first-order valence-electron chi connectivity index (χ1n) is 8.07. The maximum Gasteiger partial charge on any atom is 0.369 e. The Hall–Kier alpha value is -0.270. The van der Waals surface area contributed by atoms with Gasteiger partial charge < -0.3 is 30.0 Å². The summed E-state index contributed by atoms with van der Waals surface area (Å²) in [6, 6.07) is 0. The summed E-state index contributed by atoms with van der Waals surface area (Å²) in [5.41, 5.74) is 0. The lowest BCUT2D eigenvalue weighted by Gasteiger charge is -2.29. The molecular formula is C13H29NO8P2. The molecule has 0 aliphatic heterocycles. The summed E-state index contributed by atoms with van der Waals surface area (Å²) < 4.78 is 22.3. The molecule has 1 amide bonds. The van der Waals surface area contributed by atoms with Gasteiger partial charge in [-0.05, 0) is 19.3 Å². The third kappa shape index (κ3) is 8.72. The minimum absolute atomic E-state index is 0.129. The van der Waals surface area contributed by atoms with Crippen molar-refractivity contribution < 1.29 is 38.6 Å². The standard InChI is InChI=1S/C13H29NO8P2/c15-12-14-11-9-7-5-3-1-2-4-6-8-10-13(16,23(17,18)19)24(20,21)22/h12,16H,1-11H2,(H,14,15)(H2,17,18,19)(H2,20,21,22). The van der Waals surface area contributed by atoms with E-state index in [9.17, 15) is 19.0 Å². The fraction of sp³-hybridized carbons (Fsp3) is 0.923. The van der Waals surface area contributed by atoms with Gasteiger partial charge in [0.15, 0.2) is 0 Å². The van der Waals surface area contributed by atoms with Gasteiger partial charge in [0.05, 0.1) is 0 Å². The summed E-state index contributed by atoms with van der Waals surface area (Å²) in [6.07, 6.45) is 7.50. The highest BCUT2D eigenvalue weighted by atomic mass is 31.2. The molecule has 0 unspecified atom stereocenters. The normalized spacial score (nSPS) is 13.0. The van der Waals surface area contributed by atoms with E-state index in [1.54, 1.807) is 0 Å². The summed E-state index contributed by atoms with van der Waals surface area (Å²) in [7, 11) is -10.7. The van der Waals surface area contributed by atoms with Crippen molar-refractivity contribution in [2.45, 2.75) is 69.3 Å². The van der Waals surface area contributed by atoms with Gasteiger partial charge >= 0.3 is 15.2 Å². The Kier molecular flexibility index (Phi) is 11.2. The largest absolute Gasteiger partial charge is 0.369 e. The molecule has 0 aliphatic carbocycles. The lowest BCUT2D eigenvalue weighted by atomic mass is 10.1. The Labute approximate surface area is 142 Å². The van der Waals surface area contributed by atoms with Crippen LogP contribution in [0.2, 0.25) is 0 Å². The van der Waals surface area contributed by atoms with Gasteiger partial charge in [-0.25, -0.2) is 0 Å². The van der Waals surface area contributed by atoms with Crippen LogP contribution in [0.25, 0.3) is 0 Å². The van der Waals surface area contributed by atoms with Crippen molar-refractivity contribution in [2.75, 3.05) is 6.54 Å². The number of hydrogen-bond acceptors (Lipinski definition) is 4. The zero-order valence-electron chi connectivity index (χ0n) is 13.7. The average Bonchev–Trinajstić information content (AvgIpc) is 2.45. The van der Waals surface area contributed by atoms with Crippen LogP contribution in [-0.4, -0.2) is 42.7 Å². The van der Waals surface area contributed by atoms with Gasteiger partial charge in [0.1, 0.15) is 0 Å². The third-order valence-electron chi connectivity index (χ3n) is 3.85. The van der Waals surface area contributed by atoms with Crippen molar-refractivity contribution in [3.63, 3.8) is 0 Å². The number of aliphatic hydroxyl groups is 1. The second kappa shape index (κ2) is 11.4. The summed E-state index contributed by atoms with van der Waals surface area (Å²) >= 11 is 0. The molecule has 0 atom stereocenters. The lowest BCUT2D eigenvalue weighted by molar-refractivity contribution is -0.109. The molecule has 0 rings (SSSR count). The number of hydrogen-bond donors (Lipinski definition) is 6. The summed E-state index contributed by atoms with van der Waals surface area (Å²) in [5, 5.41) is 9.00. The van der Waals surface area contributed by atoms with E-state index in [4.69, 9.17) is 19.6 Å². The Morgan fingerprint density at radius 2 is 1.12 bits per heavy atom. The smallest absolute Gasteiger partial charge is 0.368 e. The first-order valence-corrected chi connectivity index (χ1v) is 11.3. The van der Waals surface area contributed by atoms with E-state index in [0.29, 0.717) is 19.4 Å². The SMILES string of the molecule is O=CNCCCCCCCCCCCC(O)(P(=O)(O)O)P(=O)(O)O. The van der Waals surface area contributed by atoms with Crippen LogP contribution >= 0.6 is 15.2 Å². The van der Waals surface area contributed by atoms with Gasteiger partial charge in [-0.1, -0.05) is 44.9 Å². The Bertz CT molecular complexity index is 425. The highest BCUT2D eigenvalue weighted by Gasteiger charge is 2.58. The molecule has 0 spiro atoms. The first kappa shape index (κ1) is 23.7. The third-order valence-corrected chi connectivity index (χ3v) is 7.73. The van der Waals surface area contributed by atoms with Crippen LogP contribution in [0.4, 0.5) is 0 Å². The second-order valence-corrected chi connectivity index (χ2v) is 9.87. The van der Waals surface area contributed by atoms with Gasteiger partial charge in [-0.2, -0.15) is 0 Å². The van der Waals surface area contributed by atoms with Gasteiger partial charge in [-0.15, -0.1) is 0 Å². The molecule has 0 aromatic rings. The van der Waals surface area contributed by atoms with Crippen molar-refractivity contribution in [3.8, 4) is 0 Å². The second-order valence-electron chi connectivity index (χ2n) is 5.87. The quantitative estimate of drug-likeness (QED) is 0.140. The zero-order chi connectivity index (χ0) is 18.7. The highest BCUT2D eigenvalue weighted by molar-refractivity contribution is 7.72. The Morgan fingerprint density at radius 3 is 1.50 bits per heavy atom. The molecule has 9 nitrogen and oxygen atoms in total. The predicted molar refractivity (Wildman–Crippen MR) is 89.3 cm³/mol. The molecule has 24 heavy (non-hydrogen) atoms. The molecule has 0 bridgehead atoms. The molecule has 0 aromatic carbocycles. The molecule has 144 valence electrons. The van der Waals surface area contributed by atoms with E-state index in [1.807, 2.05) is 0 Å². The average molecular weight is 389 g/mol. The van der Waals surface area contributed by atoms with Crippen LogP contribution in [0.3, 0.4) is 0 Å². The highest BCUT2D eigenvalue weighted by Crippen LogP contribution is 2.69. The van der Waals surface area contributed by atoms with Crippen LogP contribution in [-0.2, 0) is 13.9 Å². The van der Waals surface area contributed by atoms with E-state index in [0.717, 1.165) is 44.9 Å². The fourth-order valence-corrected chi connectivity index (χ4v) is 4.60. The first-order chi connectivity index (χ1) is 11.1. The van der Waals surface area contributed by atoms with E-state index < -0.39 is 26.7 Å². The molecular weight excluding hydrogens is 360 g/mol. The maximum absolute atomic E-state index is 11.2. The number of carbonyl (C=O) groups excluding carboxylic acids is 1. The predicted octanol–water partition coefficient (Wildman–Crippen LogP) is 1.63. The van der Waals surface area contributed by atoms with Gasteiger partial charge in [0, 0.05) is 6.54 Å². The molecule has 11 heteroatoms. The van der Waals surface area contributed by atoms with E-state index in [1.165, 1.54) is 0 Å². The number of amides is 1. The van der Waals surface area contributed by atoms with Gasteiger partial charge in [0.2, 0.25) is 6.41 Å². The van der Waals surface area contributed by atoms with Gasteiger partial charge in [0.25, 0.3) is 5.08 Å². The number of rotatable bonds is 15. The Morgan fingerprint density at radius 1 is 0.750 bits per heavy atom. The van der Waals surface area contributed by atoms with Crippen LogP contribution in [0.1, 0.15) is 64.2 Å². The molecule has 0 saturated heterocycles. The molecule has 0 heterocycles. The van der Waals surface area contributed by atoms with Crippen molar-refractivity contribution >= 4 is 21.6 Å². The molecule has 0 fully saturated rings. The Balaban J connectivity index is 3.80. The van der Waals surface area contributed by atoms with Gasteiger partial charge in [-0.3, -0.25) is 13.9 Å². The molecule has 0 aliphatic rings. The molecule has 0 radical (unpaired) electrons. The maximum atomic E-state index is 11.2. The minimum Gasteiger partial charge on any atom is -0.368 e. The zero-order valence-corrected chi connectivity index (χ0v) is 15.5. The molecule has 0 saturated carbocycles. The van der Waals surface area contributed by atoms with E-state index in [2.05, 4.69) is 5.32 Å².